The maximum atomic E-state index is 12.3. The van der Waals surface area contributed by atoms with E-state index >= 15 is 0 Å². The lowest BCUT2D eigenvalue weighted by Crippen LogP contribution is -2.46. The number of aliphatic hydroxyl groups is 1. The Kier molecular flexibility index (Phi) is 4.92. The summed E-state index contributed by atoms with van der Waals surface area (Å²) in [5.74, 6) is -0.244. The van der Waals surface area contributed by atoms with Gasteiger partial charge in [-0.15, -0.1) is 0 Å². The number of hydrogen-bond donors (Lipinski definition) is 1. The summed E-state index contributed by atoms with van der Waals surface area (Å²) in [6.07, 6.45) is 4.49. The van der Waals surface area contributed by atoms with Crippen molar-refractivity contribution in [3.05, 3.63) is 11.6 Å². The topological polar surface area (TPSA) is 64.3 Å². The largest absolute Gasteiger partial charge is 0.394 e. The number of carbonyl (C=O) groups excluding carboxylic acids is 1. The van der Waals surface area contributed by atoms with Crippen LogP contribution in [0.15, 0.2) is 11.6 Å². The van der Waals surface area contributed by atoms with Gasteiger partial charge in [0.15, 0.2) is 0 Å². The molecule has 0 spiro atoms. The molecule has 0 aliphatic carbocycles. The summed E-state index contributed by atoms with van der Waals surface area (Å²) >= 11 is 0. The lowest BCUT2D eigenvalue weighted by molar-refractivity contribution is -0.131. The molecule has 0 aromatic carbocycles. The van der Waals surface area contributed by atoms with Gasteiger partial charge in [0.05, 0.1) is 12.6 Å². The molecule has 1 saturated heterocycles. The van der Waals surface area contributed by atoms with Gasteiger partial charge in [-0.05, 0) is 24.7 Å². The molecule has 0 bridgehead atoms. The van der Waals surface area contributed by atoms with Crippen LogP contribution >= 0.6 is 0 Å². The van der Waals surface area contributed by atoms with Crippen molar-refractivity contribution in [1.82, 2.24) is 4.90 Å². The first-order valence-corrected chi connectivity index (χ1v) is 6.44. The fraction of sp³-hybridized carbons (Fsp3) is 0.714. The maximum Gasteiger partial charge on any atom is 0.264 e. The molecule has 18 heavy (non-hydrogen) atoms. The Hall–Kier alpha value is -1.34. The molecule has 1 aliphatic heterocycles. The standard InChI is InChI=1S/C14H22N2O2/c1-14(2,3)8-11(9-15)13(18)16-7-5-4-6-12(16)10-17/h8,12,17H,4-7,10H2,1-3H3/t12-/m1/s1. The summed E-state index contributed by atoms with van der Waals surface area (Å²) in [6, 6.07) is 1.85. The number of nitrogens with zero attached hydrogens (tertiary/aromatic N) is 2. The van der Waals surface area contributed by atoms with Gasteiger partial charge in [0, 0.05) is 6.54 Å². The van der Waals surface area contributed by atoms with Gasteiger partial charge in [-0.2, -0.15) is 5.26 Å². The van der Waals surface area contributed by atoms with Crippen molar-refractivity contribution in [2.75, 3.05) is 13.2 Å². The fourth-order valence-electron chi connectivity index (χ4n) is 2.19. The monoisotopic (exact) mass is 250 g/mol. The smallest absolute Gasteiger partial charge is 0.264 e. The van der Waals surface area contributed by atoms with Gasteiger partial charge in [-0.3, -0.25) is 4.79 Å². The van der Waals surface area contributed by atoms with Crippen molar-refractivity contribution in [3.63, 3.8) is 0 Å². The van der Waals surface area contributed by atoms with Crippen LogP contribution in [0.3, 0.4) is 0 Å². The van der Waals surface area contributed by atoms with Crippen LogP contribution in [0.25, 0.3) is 0 Å². The normalized spacial score (nSPS) is 21.6. The molecular formula is C14H22N2O2. The first-order valence-electron chi connectivity index (χ1n) is 6.44. The summed E-state index contributed by atoms with van der Waals surface area (Å²) in [5, 5.41) is 18.4. The number of piperidine rings is 1. The van der Waals surface area contributed by atoms with E-state index in [9.17, 15) is 9.90 Å². The minimum absolute atomic E-state index is 0.0278. The molecule has 0 radical (unpaired) electrons. The molecule has 1 aliphatic rings. The molecule has 4 heteroatoms. The van der Waals surface area contributed by atoms with Crippen molar-refractivity contribution in [3.8, 4) is 6.07 Å². The molecule has 1 amide bonds. The van der Waals surface area contributed by atoms with Crippen LogP contribution in [0.1, 0.15) is 40.0 Å². The second-order valence-corrected chi connectivity index (χ2v) is 5.87. The van der Waals surface area contributed by atoms with E-state index in [1.807, 2.05) is 26.8 Å². The van der Waals surface area contributed by atoms with Crippen LogP contribution in [-0.4, -0.2) is 35.1 Å². The zero-order chi connectivity index (χ0) is 13.8. The zero-order valence-electron chi connectivity index (χ0n) is 11.4. The van der Waals surface area contributed by atoms with Crippen molar-refractivity contribution in [1.29, 1.82) is 5.26 Å². The number of likely N-dealkylation sites (tertiary alicyclic amines) is 1. The predicted molar refractivity (Wildman–Crippen MR) is 69.6 cm³/mol. The zero-order valence-corrected chi connectivity index (χ0v) is 11.4. The van der Waals surface area contributed by atoms with Crippen LogP contribution in [0.2, 0.25) is 0 Å². The molecule has 0 aromatic heterocycles. The number of hydrogen-bond acceptors (Lipinski definition) is 3. The van der Waals surface area contributed by atoms with Crippen LogP contribution in [0, 0.1) is 16.7 Å². The molecular weight excluding hydrogens is 228 g/mol. The lowest BCUT2D eigenvalue weighted by atomic mass is 9.92. The number of nitriles is 1. The third kappa shape index (κ3) is 3.85. The van der Waals surface area contributed by atoms with Crippen LogP contribution in [-0.2, 0) is 4.79 Å². The quantitative estimate of drug-likeness (QED) is 0.601. The highest BCUT2D eigenvalue weighted by atomic mass is 16.3. The van der Waals surface area contributed by atoms with E-state index in [0.717, 1.165) is 19.3 Å². The van der Waals surface area contributed by atoms with E-state index in [2.05, 4.69) is 0 Å². The Morgan fingerprint density at radius 1 is 1.50 bits per heavy atom. The van der Waals surface area contributed by atoms with Gasteiger partial charge in [0.25, 0.3) is 5.91 Å². The second kappa shape index (κ2) is 6.01. The van der Waals surface area contributed by atoms with Crippen molar-refractivity contribution in [2.24, 2.45) is 5.41 Å². The fourth-order valence-corrected chi connectivity index (χ4v) is 2.19. The first kappa shape index (κ1) is 14.7. The van der Waals surface area contributed by atoms with Crippen LogP contribution < -0.4 is 0 Å². The summed E-state index contributed by atoms with van der Waals surface area (Å²) < 4.78 is 0. The summed E-state index contributed by atoms with van der Waals surface area (Å²) in [7, 11) is 0. The van der Waals surface area contributed by atoms with Gasteiger partial charge < -0.3 is 10.0 Å². The summed E-state index contributed by atoms with van der Waals surface area (Å²) in [4.78, 5) is 13.9. The van der Waals surface area contributed by atoms with E-state index in [-0.39, 0.29) is 29.5 Å². The Balaban J connectivity index is 2.90. The number of allylic oxidation sites excluding steroid dienone is 1. The third-order valence-corrected chi connectivity index (χ3v) is 3.03. The molecule has 4 nitrogen and oxygen atoms in total. The third-order valence-electron chi connectivity index (χ3n) is 3.03. The van der Waals surface area contributed by atoms with E-state index in [1.54, 1.807) is 11.0 Å². The van der Waals surface area contributed by atoms with Gasteiger partial charge in [-0.25, -0.2) is 0 Å². The average Bonchev–Trinajstić information content (AvgIpc) is 2.34. The molecule has 1 fully saturated rings. The summed E-state index contributed by atoms with van der Waals surface area (Å²) in [6.45, 7) is 6.47. The Morgan fingerprint density at radius 2 is 2.17 bits per heavy atom. The minimum Gasteiger partial charge on any atom is -0.394 e. The van der Waals surface area contributed by atoms with Gasteiger partial charge in [0.2, 0.25) is 0 Å². The van der Waals surface area contributed by atoms with E-state index in [0.29, 0.717) is 6.54 Å². The van der Waals surface area contributed by atoms with Crippen LogP contribution in [0.4, 0.5) is 0 Å². The predicted octanol–water partition coefficient (Wildman–Crippen LogP) is 1.86. The maximum absolute atomic E-state index is 12.3. The average molecular weight is 250 g/mol. The van der Waals surface area contributed by atoms with Gasteiger partial charge in [-0.1, -0.05) is 26.8 Å². The molecule has 1 atom stereocenters. The Bertz CT molecular complexity index is 374. The molecule has 100 valence electrons. The Morgan fingerprint density at radius 3 is 2.67 bits per heavy atom. The number of rotatable bonds is 2. The van der Waals surface area contributed by atoms with Crippen molar-refractivity contribution in [2.45, 2.75) is 46.1 Å². The molecule has 1 rings (SSSR count). The van der Waals surface area contributed by atoms with E-state index in [4.69, 9.17) is 5.26 Å². The minimum atomic E-state index is -0.244. The highest BCUT2D eigenvalue weighted by Gasteiger charge is 2.28. The highest BCUT2D eigenvalue weighted by molar-refractivity contribution is 5.97. The van der Waals surface area contributed by atoms with Crippen molar-refractivity contribution < 1.29 is 9.90 Å². The van der Waals surface area contributed by atoms with Crippen molar-refractivity contribution >= 4 is 5.91 Å². The number of amides is 1. The van der Waals surface area contributed by atoms with Crippen LogP contribution in [0.5, 0.6) is 0 Å². The van der Waals surface area contributed by atoms with E-state index in [1.165, 1.54) is 0 Å². The molecule has 0 unspecified atom stereocenters. The summed E-state index contributed by atoms with van der Waals surface area (Å²) in [5.41, 5.74) is -0.0200. The lowest BCUT2D eigenvalue weighted by Gasteiger charge is -2.34. The molecule has 1 heterocycles. The van der Waals surface area contributed by atoms with Gasteiger partial charge in [0.1, 0.15) is 11.6 Å². The number of carbonyl (C=O) groups is 1. The molecule has 0 aromatic rings. The van der Waals surface area contributed by atoms with Gasteiger partial charge >= 0.3 is 0 Å². The second-order valence-electron chi connectivity index (χ2n) is 5.87. The molecule has 0 saturated carbocycles. The molecule has 1 N–H and O–H groups in total. The SMILES string of the molecule is CC(C)(C)C=C(C#N)C(=O)N1CCCC[C@@H]1CO. The van der Waals surface area contributed by atoms with E-state index < -0.39 is 0 Å². The number of aliphatic hydroxyl groups excluding tert-OH is 1. The Labute approximate surface area is 109 Å². The first-order chi connectivity index (χ1) is 8.39. The highest BCUT2D eigenvalue weighted by Crippen LogP contribution is 2.22.